The predicted octanol–water partition coefficient (Wildman–Crippen LogP) is 3.75. The Morgan fingerprint density at radius 1 is 1.14 bits per heavy atom. The Hall–Kier alpha value is -2.75. The van der Waals surface area contributed by atoms with Gasteiger partial charge in [-0.3, -0.25) is 4.79 Å². The number of nitrogens with zero attached hydrogens (tertiary/aromatic N) is 1. The zero-order chi connectivity index (χ0) is 15.7. The van der Waals surface area contributed by atoms with Gasteiger partial charge in [-0.15, -0.1) is 0 Å². The topological polar surface area (TPSA) is 43.3 Å². The molecule has 0 bridgehead atoms. The second kappa shape index (κ2) is 5.56. The fourth-order valence-electron chi connectivity index (χ4n) is 2.56. The fraction of sp³-hybridized carbons (Fsp3) is 0.167. The molecule has 1 amide bonds. The summed E-state index contributed by atoms with van der Waals surface area (Å²) in [6.07, 6.45) is 0. The number of benzene rings is 2. The van der Waals surface area contributed by atoms with Crippen LogP contribution in [0.25, 0.3) is 10.9 Å². The van der Waals surface area contributed by atoms with Crippen molar-refractivity contribution >= 4 is 22.5 Å². The number of rotatable bonds is 3. The normalized spacial score (nSPS) is 10.7. The lowest BCUT2D eigenvalue weighted by Gasteiger charge is -2.07. The van der Waals surface area contributed by atoms with Crippen molar-refractivity contribution in [3.8, 4) is 5.75 Å². The van der Waals surface area contributed by atoms with E-state index in [1.807, 2.05) is 67.1 Å². The maximum absolute atomic E-state index is 12.5. The molecule has 0 fully saturated rings. The van der Waals surface area contributed by atoms with E-state index in [4.69, 9.17) is 4.74 Å². The first-order chi connectivity index (χ1) is 10.6. The average molecular weight is 294 g/mol. The van der Waals surface area contributed by atoms with Crippen LogP contribution in [0, 0.1) is 6.92 Å². The Morgan fingerprint density at radius 2 is 1.86 bits per heavy atom. The van der Waals surface area contributed by atoms with Crippen LogP contribution in [0.2, 0.25) is 0 Å². The number of carbonyl (C=O) groups excluding carboxylic acids is 1. The summed E-state index contributed by atoms with van der Waals surface area (Å²) in [6.45, 7) is 2.02. The van der Waals surface area contributed by atoms with Crippen molar-refractivity contribution in [2.45, 2.75) is 6.92 Å². The van der Waals surface area contributed by atoms with Gasteiger partial charge in [0.1, 0.15) is 11.4 Å². The fourth-order valence-corrected chi connectivity index (χ4v) is 2.56. The first kappa shape index (κ1) is 14.2. The number of fused-ring (bicyclic) bond motifs is 1. The lowest BCUT2D eigenvalue weighted by molar-refractivity contribution is 0.102. The highest BCUT2D eigenvalue weighted by atomic mass is 16.5. The Balaban J connectivity index is 1.97. The minimum Gasteiger partial charge on any atom is -0.496 e. The molecule has 0 radical (unpaired) electrons. The maximum Gasteiger partial charge on any atom is 0.272 e. The zero-order valence-electron chi connectivity index (χ0n) is 12.9. The summed E-state index contributed by atoms with van der Waals surface area (Å²) in [4.78, 5) is 12.5. The molecule has 1 aromatic heterocycles. The van der Waals surface area contributed by atoms with Crippen LogP contribution in [0.5, 0.6) is 5.75 Å². The zero-order valence-corrected chi connectivity index (χ0v) is 12.9. The summed E-state index contributed by atoms with van der Waals surface area (Å²) in [7, 11) is 3.51. The molecule has 1 heterocycles. The van der Waals surface area contributed by atoms with Crippen molar-refractivity contribution in [2.75, 3.05) is 12.4 Å². The Bertz CT molecular complexity index is 832. The number of carbonyl (C=O) groups is 1. The molecule has 3 aromatic rings. The van der Waals surface area contributed by atoms with E-state index in [0.29, 0.717) is 5.69 Å². The summed E-state index contributed by atoms with van der Waals surface area (Å²) in [5, 5.41) is 3.86. The molecule has 1 N–H and O–H groups in total. The van der Waals surface area contributed by atoms with E-state index in [0.717, 1.165) is 27.9 Å². The molecule has 0 spiro atoms. The summed E-state index contributed by atoms with van der Waals surface area (Å²) < 4.78 is 7.24. The molecule has 0 unspecified atom stereocenters. The van der Waals surface area contributed by atoms with Gasteiger partial charge in [0.05, 0.1) is 12.6 Å². The van der Waals surface area contributed by atoms with Crippen molar-refractivity contribution in [3.63, 3.8) is 0 Å². The number of anilines is 1. The van der Waals surface area contributed by atoms with Crippen LogP contribution >= 0.6 is 0 Å². The number of ether oxygens (including phenoxy) is 1. The molecule has 4 nitrogen and oxygen atoms in total. The molecule has 2 aromatic carbocycles. The number of hydrogen-bond acceptors (Lipinski definition) is 2. The molecule has 0 aliphatic carbocycles. The third kappa shape index (κ3) is 2.44. The minimum absolute atomic E-state index is 0.135. The van der Waals surface area contributed by atoms with Gasteiger partial charge in [0.15, 0.2) is 0 Å². The van der Waals surface area contributed by atoms with E-state index >= 15 is 0 Å². The highest BCUT2D eigenvalue weighted by Crippen LogP contribution is 2.28. The van der Waals surface area contributed by atoms with Crippen LogP contribution in [0.4, 0.5) is 5.69 Å². The minimum atomic E-state index is -0.135. The Kier molecular flexibility index (Phi) is 3.59. The highest BCUT2D eigenvalue weighted by molar-refractivity contribution is 6.07. The van der Waals surface area contributed by atoms with E-state index in [-0.39, 0.29) is 5.91 Å². The Labute approximate surface area is 129 Å². The van der Waals surface area contributed by atoms with Crippen molar-refractivity contribution in [1.82, 2.24) is 4.57 Å². The largest absolute Gasteiger partial charge is 0.496 e. The maximum atomic E-state index is 12.5. The molecule has 22 heavy (non-hydrogen) atoms. The van der Waals surface area contributed by atoms with Gasteiger partial charge >= 0.3 is 0 Å². The second-order valence-corrected chi connectivity index (χ2v) is 5.30. The lowest BCUT2D eigenvalue weighted by Crippen LogP contribution is -2.15. The highest BCUT2D eigenvalue weighted by Gasteiger charge is 2.15. The predicted molar refractivity (Wildman–Crippen MR) is 88.6 cm³/mol. The van der Waals surface area contributed by atoms with Crippen LogP contribution in [0.1, 0.15) is 16.1 Å². The van der Waals surface area contributed by atoms with Crippen LogP contribution in [-0.4, -0.2) is 17.6 Å². The molecule has 0 saturated carbocycles. The van der Waals surface area contributed by atoms with Gasteiger partial charge in [-0.2, -0.15) is 0 Å². The average Bonchev–Trinajstić information content (AvgIpc) is 2.87. The second-order valence-electron chi connectivity index (χ2n) is 5.30. The lowest BCUT2D eigenvalue weighted by atomic mass is 10.2. The van der Waals surface area contributed by atoms with E-state index in [1.54, 1.807) is 7.11 Å². The number of aromatic nitrogens is 1. The summed E-state index contributed by atoms with van der Waals surface area (Å²) in [5.41, 5.74) is 3.51. The number of methoxy groups -OCH3 is 1. The molecule has 0 aliphatic heterocycles. The molecular formula is C18H18N2O2. The quantitative estimate of drug-likeness (QED) is 0.799. The Morgan fingerprint density at radius 3 is 2.55 bits per heavy atom. The molecule has 112 valence electrons. The van der Waals surface area contributed by atoms with Crippen LogP contribution < -0.4 is 10.1 Å². The SMILES string of the molecule is COc1cccc2c1cc(C(=O)Nc1ccc(C)cc1)n2C. The molecule has 4 heteroatoms. The van der Waals surface area contributed by atoms with E-state index in [9.17, 15) is 4.79 Å². The van der Waals surface area contributed by atoms with Crippen molar-refractivity contribution in [1.29, 1.82) is 0 Å². The number of amides is 1. The molecule has 0 aliphatic rings. The van der Waals surface area contributed by atoms with Crippen LogP contribution in [-0.2, 0) is 7.05 Å². The van der Waals surface area contributed by atoms with Crippen molar-refractivity contribution < 1.29 is 9.53 Å². The third-order valence-corrected chi connectivity index (χ3v) is 3.81. The number of nitrogens with one attached hydrogen (secondary N) is 1. The number of hydrogen-bond donors (Lipinski definition) is 1. The van der Waals surface area contributed by atoms with Gasteiger partial charge in [-0.05, 0) is 37.3 Å². The van der Waals surface area contributed by atoms with E-state index in [2.05, 4.69) is 5.32 Å². The van der Waals surface area contributed by atoms with Gasteiger partial charge in [0.25, 0.3) is 5.91 Å². The van der Waals surface area contributed by atoms with Crippen LogP contribution in [0.3, 0.4) is 0 Å². The van der Waals surface area contributed by atoms with Gasteiger partial charge < -0.3 is 14.6 Å². The molecule has 3 rings (SSSR count). The van der Waals surface area contributed by atoms with E-state index < -0.39 is 0 Å². The molecule has 0 saturated heterocycles. The van der Waals surface area contributed by atoms with Gasteiger partial charge in [0.2, 0.25) is 0 Å². The third-order valence-electron chi connectivity index (χ3n) is 3.81. The standard InChI is InChI=1S/C18H18N2O2/c1-12-7-9-13(10-8-12)19-18(21)16-11-14-15(20(16)2)5-4-6-17(14)22-3/h4-11H,1-3H3,(H,19,21). The van der Waals surface area contributed by atoms with Crippen molar-refractivity contribution in [3.05, 3.63) is 59.8 Å². The summed E-state index contributed by atoms with van der Waals surface area (Å²) in [6, 6.07) is 15.4. The first-order valence-electron chi connectivity index (χ1n) is 7.10. The number of aryl methyl sites for hydroxylation is 2. The van der Waals surface area contributed by atoms with E-state index in [1.165, 1.54) is 0 Å². The molecular weight excluding hydrogens is 276 g/mol. The monoisotopic (exact) mass is 294 g/mol. The van der Waals surface area contributed by atoms with Crippen molar-refractivity contribution in [2.24, 2.45) is 7.05 Å². The van der Waals surface area contributed by atoms with Gasteiger partial charge in [-0.25, -0.2) is 0 Å². The van der Waals surface area contributed by atoms with Crippen LogP contribution in [0.15, 0.2) is 48.5 Å². The van der Waals surface area contributed by atoms with Gasteiger partial charge in [-0.1, -0.05) is 23.8 Å². The molecule has 0 atom stereocenters. The van der Waals surface area contributed by atoms with Gasteiger partial charge in [0, 0.05) is 18.1 Å². The summed E-state index contributed by atoms with van der Waals surface area (Å²) >= 11 is 0. The smallest absolute Gasteiger partial charge is 0.272 e. The summed E-state index contributed by atoms with van der Waals surface area (Å²) in [5.74, 6) is 0.632. The first-order valence-corrected chi connectivity index (χ1v) is 7.10.